The van der Waals surface area contributed by atoms with E-state index in [1.807, 2.05) is 6.92 Å². The van der Waals surface area contributed by atoms with Crippen LogP contribution in [0.1, 0.15) is 15.9 Å². The molecule has 2 aromatic rings. The van der Waals surface area contributed by atoms with Gasteiger partial charge in [-0.05, 0) is 30.7 Å². The van der Waals surface area contributed by atoms with Crippen molar-refractivity contribution in [1.82, 2.24) is 4.98 Å². The molecule has 6 heteroatoms. The zero-order valence-electron chi connectivity index (χ0n) is 10.1. The first kappa shape index (κ1) is 12.9. The van der Waals surface area contributed by atoms with E-state index in [2.05, 4.69) is 10.3 Å². The van der Waals surface area contributed by atoms with E-state index in [0.717, 1.165) is 17.7 Å². The summed E-state index contributed by atoms with van der Waals surface area (Å²) in [5, 5.41) is 2.31. The highest BCUT2D eigenvalue weighted by Crippen LogP contribution is 2.19. The van der Waals surface area contributed by atoms with Crippen LogP contribution in [0.5, 0.6) is 0 Å². The van der Waals surface area contributed by atoms with Gasteiger partial charge in [0.25, 0.3) is 5.91 Å². The third-order valence-corrected chi connectivity index (χ3v) is 2.50. The zero-order chi connectivity index (χ0) is 14.0. The van der Waals surface area contributed by atoms with E-state index in [1.165, 1.54) is 12.3 Å². The number of hydrogen-bond donors (Lipinski definition) is 2. The fourth-order valence-electron chi connectivity index (χ4n) is 1.50. The molecule has 98 valence electrons. The number of carbonyl (C=O) groups excluding carboxylic acids is 1. The van der Waals surface area contributed by atoms with Crippen LogP contribution in [0.3, 0.4) is 0 Å². The summed E-state index contributed by atoms with van der Waals surface area (Å²) >= 11 is 0. The summed E-state index contributed by atoms with van der Waals surface area (Å²) < 4.78 is 27.1. The summed E-state index contributed by atoms with van der Waals surface area (Å²) in [6.45, 7) is 1.83. The number of carbonyl (C=O) groups is 1. The molecule has 0 saturated carbocycles. The smallest absolute Gasteiger partial charge is 0.262 e. The number of nitrogen functional groups attached to an aromatic ring is 1. The van der Waals surface area contributed by atoms with E-state index >= 15 is 0 Å². The molecule has 1 aromatic carbocycles. The summed E-state index contributed by atoms with van der Waals surface area (Å²) in [6.07, 6.45) is 1.53. The molecule has 1 aromatic heterocycles. The first-order chi connectivity index (χ1) is 8.99. The highest BCUT2D eigenvalue weighted by atomic mass is 19.1. The van der Waals surface area contributed by atoms with Crippen molar-refractivity contribution in [1.29, 1.82) is 0 Å². The largest absolute Gasteiger partial charge is 0.396 e. The maximum Gasteiger partial charge on any atom is 0.262 e. The van der Waals surface area contributed by atoms with Crippen LogP contribution in [0.2, 0.25) is 0 Å². The lowest BCUT2D eigenvalue weighted by Crippen LogP contribution is -2.17. The number of halogens is 2. The molecular weight excluding hydrogens is 252 g/mol. The SMILES string of the molecule is Cc1ccc(NC(=O)c2c(F)ccc(N)c2F)nc1. The molecule has 1 heterocycles. The number of nitrogens with one attached hydrogen (secondary N) is 1. The fraction of sp³-hybridized carbons (Fsp3) is 0.0769. The Balaban J connectivity index is 2.30. The van der Waals surface area contributed by atoms with Gasteiger partial charge in [0.05, 0.1) is 5.69 Å². The summed E-state index contributed by atoms with van der Waals surface area (Å²) in [6, 6.07) is 5.26. The van der Waals surface area contributed by atoms with Crippen LogP contribution in [0.15, 0.2) is 30.5 Å². The van der Waals surface area contributed by atoms with Gasteiger partial charge in [0.2, 0.25) is 0 Å². The monoisotopic (exact) mass is 263 g/mol. The van der Waals surface area contributed by atoms with Crippen LogP contribution in [0.25, 0.3) is 0 Å². The van der Waals surface area contributed by atoms with Crippen LogP contribution in [0.4, 0.5) is 20.3 Å². The molecule has 0 aliphatic rings. The number of nitrogens with zero attached hydrogens (tertiary/aromatic N) is 1. The molecule has 3 N–H and O–H groups in total. The second-order valence-electron chi connectivity index (χ2n) is 4.00. The maximum atomic E-state index is 13.6. The molecule has 0 fully saturated rings. The van der Waals surface area contributed by atoms with Gasteiger partial charge in [0.15, 0.2) is 5.82 Å². The minimum atomic E-state index is -1.08. The van der Waals surface area contributed by atoms with Crippen molar-refractivity contribution in [2.75, 3.05) is 11.1 Å². The van der Waals surface area contributed by atoms with Gasteiger partial charge >= 0.3 is 0 Å². The Bertz CT molecular complexity index is 627. The number of rotatable bonds is 2. The maximum absolute atomic E-state index is 13.6. The predicted molar refractivity (Wildman–Crippen MR) is 67.7 cm³/mol. The van der Waals surface area contributed by atoms with Crippen molar-refractivity contribution in [3.8, 4) is 0 Å². The van der Waals surface area contributed by atoms with Crippen LogP contribution >= 0.6 is 0 Å². The number of nitrogens with two attached hydrogens (primary N) is 1. The number of pyridine rings is 1. The Morgan fingerprint density at radius 2 is 2.00 bits per heavy atom. The average molecular weight is 263 g/mol. The van der Waals surface area contributed by atoms with Gasteiger partial charge in [-0.25, -0.2) is 13.8 Å². The standard InChI is InChI=1S/C13H11F2N3O/c1-7-2-5-10(17-6-7)18-13(19)11-8(14)3-4-9(16)12(11)15/h2-6H,16H2,1H3,(H,17,18,19). The minimum absolute atomic E-state index is 0.205. The molecule has 4 nitrogen and oxygen atoms in total. The molecular formula is C13H11F2N3O. The van der Waals surface area contributed by atoms with Crippen LogP contribution in [-0.4, -0.2) is 10.9 Å². The van der Waals surface area contributed by atoms with Gasteiger partial charge in [0, 0.05) is 6.20 Å². The molecule has 0 atom stereocenters. The average Bonchev–Trinajstić information content (AvgIpc) is 2.37. The number of amides is 1. The number of benzene rings is 1. The first-order valence-corrected chi connectivity index (χ1v) is 5.46. The number of aromatic nitrogens is 1. The predicted octanol–water partition coefficient (Wildman–Crippen LogP) is 2.50. The first-order valence-electron chi connectivity index (χ1n) is 5.46. The molecule has 19 heavy (non-hydrogen) atoms. The highest BCUT2D eigenvalue weighted by Gasteiger charge is 2.19. The molecule has 0 saturated heterocycles. The lowest BCUT2D eigenvalue weighted by Gasteiger charge is -2.08. The van der Waals surface area contributed by atoms with Gasteiger partial charge in [-0.15, -0.1) is 0 Å². The van der Waals surface area contributed by atoms with Crippen LogP contribution < -0.4 is 11.1 Å². The lowest BCUT2D eigenvalue weighted by molar-refractivity contribution is 0.101. The van der Waals surface area contributed by atoms with Crippen molar-refractivity contribution < 1.29 is 13.6 Å². The third kappa shape index (κ3) is 2.67. The van der Waals surface area contributed by atoms with Crippen LogP contribution in [0, 0.1) is 18.6 Å². The van der Waals surface area contributed by atoms with Gasteiger partial charge in [-0.3, -0.25) is 4.79 Å². The zero-order valence-corrected chi connectivity index (χ0v) is 10.1. The van der Waals surface area contributed by atoms with Crippen molar-refractivity contribution in [2.24, 2.45) is 0 Å². The normalized spacial score (nSPS) is 10.3. The Morgan fingerprint density at radius 3 is 2.63 bits per heavy atom. The summed E-state index contributed by atoms with van der Waals surface area (Å²) in [4.78, 5) is 15.7. The lowest BCUT2D eigenvalue weighted by atomic mass is 10.1. The summed E-state index contributed by atoms with van der Waals surface area (Å²) in [7, 11) is 0. The Labute approximate surface area is 108 Å². The Hall–Kier alpha value is -2.50. The van der Waals surface area contributed by atoms with E-state index in [9.17, 15) is 13.6 Å². The van der Waals surface area contributed by atoms with Gasteiger partial charge in [0.1, 0.15) is 17.2 Å². The molecule has 0 bridgehead atoms. The molecule has 0 radical (unpaired) electrons. The second kappa shape index (κ2) is 5.01. The molecule has 0 unspecified atom stereocenters. The molecule has 2 rings (SSSR count). The van der Waals surface area contributed by atoms with Gasteiger partial charge in [-0.1, -0.05) is 6.07 Å². The second-order valence-corrected chi connectivity index (χ2v) is 4.00. The number of hydrogen-bond acceptors (Lipinski definition) is 3. The topological polar surface area (TPSA) is 68.0 Å². The van der Waals surface area contributed by atoms with E-state index in [-0.39, 0.29) is 11.5 Å². The van der Waals surface area contributed by atoms with E-state index in [4.69, 9.17) is 5.73 Å². The minimum Gasteiger partial charge on any atom is -0.396 e. The van der Waals surface area contributed by atoms with Crippen molar-refractivity contribution >= 4 is 17.4 Å². The molecule has 0 aliphatic carbocycles. The van der Waals surface area contributed by atoms with Crippen molar-refractivity contribution in [3.63, 3.8) is 0 Å². The van der Waals surface area contributed by atoms with Gasteiger partial charge in [-0.2, -0.15) is 0 Å². The highest BCUT2D eigenvalue weighted by molar-refractivity contribution is 6.04. The fourth-order valence-corrected chi connectivity index (χ4v) is 1.50. The molecule has 0 spiro atoms. The quantitative estimate of drug-likeness (QED) is 0.818. The summed E-state index contributed by atoms with van der Waals surface area (Å²) in [5.41, 5.74) is 5.20. The van der Waals surface area contributed by atoms with Crippen molar-refractivity contribution in [3.05, 3.63) is 53.2 Å². The number of anilines is 2. The van der Waals surface area contributed by atoms with Gasteiger partial charge < -0.3 is 11.1 Å². The van der Waals surface area contributed by atoms with E-state index in [0.29, 0.717) is 0 Å². The van der Waals surface area contributed by atoms with E-state index < -0.39 is 23.1 Å². The van der Waals surface area contributed by atoms with Crippen molar-refractivity contribution in [2.45, 2.75) is 6.92 Å². The molecule has 0 aliphatic heterocycles. The third-order valence-electron chi connectivity index (χ3n) is 2.50. The van der Waals surface area contributed by atoms with E-state index in [1.54, 1.807) is 6.07 Å². The van der Waals surface area contributed by atoms with Crippen LogP contribution in [-0.2, 0) is 0 Å². The number of aryl methyl sites for hydroxylation is 1. The molecule has 1 amide bonds. The summed E-state index contributed by atoms with van der Waals surface area (Å²) in [5.74, 6) is -2.78. The Morgan fingerprint density at radius 1 is 1.26 bits per heavy atom. The Kier molecular flexibility index (Phi) is 3.41.